The summed E-state index contributed by atoms with van der Waals surface area (Å²) in [5, 5.41) is 1.76. The van der Waals surface area contributed by atoms with Crippen molar-refractivity contribution < 1.29 is 19.1 Å². The molecule has 0 atom stereocenters. The van der Waals surface area contributed by atoms with E-state index in [1.54, 1.807) is 12.1 Å². The van der Waals surface area contributed by atoms with Gasteiger partial charge in [-0.3, -0.25) is 0 Å². The van der Waals surface area contributed by atoms with Gasteiger partial charge in [-0.25, -0.2) is 9.59 Å². The number of ether oxygens (including phenoxy) is 2. The van der Waals surface area contributed by atoms with Crippen molar-refractivity contribution in [2.75, 3.05) is 0 Å². The molecule has 2 aromatic carbocycles. The maximum atomic E-state index is 12.1. The van der Waals surface area contributed by atoms with Crippen molar-refractivity contribution in [3.8, 4) is 0 Å². The van der Waals surface area contributed by atoms with Gasteiger partial charge in [-0.05, 0) is 16.3 Å². The lowest BCUT2D eigenvalue weighted by Gasteiger charge is -2.09. The molecule has 0 spiro atoms. The van der Waals surface area contributed by atoms with Crippen LogP contribution in [0.5, 0.6) is 0 Å². The fourth-order valence-electron chi connectivity index (χ4n) is 2.08. The number of carbonyl (C=O) groups is 2. The molecule has 0 aliphatic heterocycles. The van der Waals surface area contributed by atoms with Gasteiger partial charge in [0, 0.05) is 6.08 Å². The molecule has 110 valence electrons. The van der Waals surface area contributed by atoms with Crippen LogP contribution < -0.4 is 0 Å². The Bertz CT molecular complexity index is 766. The first-order valence-corrected chi connectivity index (χ1v) is 6.50. The zero-order valence-corrected chi connectivity index (χ0v) is 11.8. The van der Waals surface area contributed by atoms with E-state index < -0.39 is 11.9 Å². The zero-order valence-electron chi connectivity index (χ0n) is 11.8. The van der Waals surface area contributed by atoms with Gasteiger partial charge in [0.25, 0.3) is 0 Å². The second-order valence-electron chi connectivity index (χ2n) is 4.26. The van der Waals surface area contributed by atoms with Crippen molar-refractivity contribution in [2.45, 2.75) is 0 Å². The second-order valence-corrected chi connectivity index (χ2v) is 4.26. The van der Waals surface area contributed by atoms with Crippen LogP contribution >= 0.6 is 0 Å². The monoisotopic (exact) mass is 294 g/mol. The molecule has 0 aliphatic carbocycles. The van der Waals surface area contributed by atoms with Gasteiger partial charge in [-0.15, -0.1) is 0 Å². The van der Waals surface area contributed by atoms with E-state index in [1.807, 2.05) is 30.3 Å². The summed E-state index contributed by atoms with van der Waals surface area (Å²) in [5.74, 6) is -1.40. The van der Waals surface area contributed by atoms with Crippen LogP contribution in [0.2, 0.25) is 0 Å². The molecule has 0 N–H and O–H groups in total. The molecule has 0 bridgehead atoms. The Kier molecular flexibility index (Phi) is 4.88. The highest BCUT2D eigenvalue weighted by Gasteiger charge is 2.17. The molecule has 0 aromatic heterocycles. The van der Waals surface area contributed by atoms with Gasteiger partial charge in [0.2, 0.25) is 0 Å². The minimum absolute atomic E-state index is 0.0866. The lowest BCUT2D eigenvalue weighted by Crippen LogP contribution is -2.07. The molecule has 0 fully saturated rings. The molecule has 4 nitrogen and oxygen atoms in total. The molecule has 4 heteroatoms. The Morgan fingerprint density at radius 2 is 1.59 bits per heavy atom. The normalized spacial score (nSPS) is 10.8. The number of fused-ring (bicyclic) bond motifs is 1. The summed E-state index contributed by atoms with van der Waals surface area (Å²) < 4.78 is 9.46. The van der Waals surface area contributed by atoms with E-state index >= 15 is 0 Å². The molecule has 2 rings (SSSR count). The van der Waals surface area contributed by atoms with Gasteiger partial charge in [-0.1, -0.05) is 55.6 Å². The van der Waals surface area contributed by atoms with Crippen LogP contribution in [0.4, 0.5) is 0 Å². The van der Waals surface area contributed by atoms with E-state index in [0.717, 1.165) is 29.4 Å². The smallest absolute Gasteiger partial charge is 0.343 e. The summed E-state index contributed by atoms with van der Waals surface area (Å²) in [6.07, 6.45) is 3.09. The van der Waals surface area contributed by atoms with E-state index in [0.29, 0.717) is 5.56 Å². The standard InChI is InChI=1S/C18H14O4/c1-3-21-17(19)12-16(18(20)22-4-2)15-11-7-9-13-8-5-6-10-14(13)15/h3-12H,1-2H2. The average Bonchev–Trinajstić information content (AvgIpc) is 2.52. The SMILES string of the molecule is C=COC(=O)C=C(C(=O)OC=C)c1cccc2ccccc12. The Morgan fingerprint density at radius 1 is 0.909 bits per heavy atom. The average molecular weight is 294 g/mol. The number of esters is 2. The lowest BCUT2D eigenvalue weighted by atomic mass is 9.98. The molecule has 0 aliphatic rings. The van der Waals surface area contributed by atoms with Gasteiger partial charge in [0.15, 0.2) is 0 Å². The molecular formula is C18H14O4. The maximum Gasteiger partial charge on any atom is 0.343 e. The van der Waals surface area contributed by atoms with Gasteiger partial charge >= 0.3 is 11.9 Å². The Labute approximate surface area is 128 Å². The van der Waals surface area contributed by atoms with E-state index in [9.17, 15) is 9.59 Å². The summed E-state index contributed by atoms with van der Waals surface area (Å²) in [6.45, 7) is 6.66. The quantitative estimate of drug-likeness (QED) is 0.480. The van der Waals surface area contributed by atoms with Gasteiger partial charge in [0.1, 0.15) is 0 Å². The van der Waals surface area contributed by atoms with Crippen LogP contribution in [0.25, 0.3) is 16.3 Å². The summed E-state index contributed by atoms with van der Waals surface area (Å²) in [4.78, 5) is 23.8. The lowest BCUT2D eigenvalue weighted by molar-refractivity contribution is -0.134. The first kappa shape index (κ1) is 15.3. The molecule has 0 amide bonds. The fraction of sp³-hybridized carbons (Fsp3) is 0. The van der Waals surface area contributed by atoms with E-state index in [-0.39, 0.29) is 5.57 Å². The van der Waals surface area contributed by atoms with Crippen LogP contribution in [0.15, 0.2) is 74.2 Å². The summed E-state index contributed by atoms with van der Waals surface area (Å²) >= 11 is 0. The zero-order chi connectivity index (χ0) is 15.9. The number of carbonyl (C=O) groups excluding carboxylic acids is 2. The van der Waals surface area contributed by atoms with E-state index in [2.05, 4.69) is 17.9 Å². The van der Waals surface area contributed by atoms with Crippen molar-refractivity contribution in [1.29, 1.82) is 0 Å². The summed E-state index contributed by atoms with van der Waals surface area (Å²) in [6, 6.07) is 13.0. The molecular weight excluding hydrogens is 280 g/mol. The number of benzene rings is 2. The van der Waals surface area contributed by atoms with Crippen molar-refractivity contribution in [3.63, 3.8) is 0 Å². The molecule has 0 radical (unpaired) electrons. The first-order valence-electron chi connectivity index (χ1n) is 6.50. The molecule has 2 aromatic rings. The van der Waals surface area contributed by atoms with Gasteiger partial charge < -0.3 is 9.47 Å². The second kappa shape index (κ2) is 7.04. The van der Waals surface area contributed by atoms with Crippen LogP contribution in [0, 0.1) is 0 Å². The van der Waals surface area contributed by atoms with Gasteiger partial charge in [0.05, 0.1) is 18.1 Å². The van der Waals surface area contributed by atoms with Crippen molar-refractivity contribution in [2.24, 2.45) is 0 Å². The maximum absolute atomic E-state index is 12.1. The van der Waals surface area contributed by atoms with Crippen LogP contribution in [0.3, 0.4) is 0 Å². The van der Waals surface area contributed by atoms with E-state index in [4.69, 9.17) is 4.74 Å². The molecule has 22 heavy (non-hydrogen) atoms. The highest BCUT2D eigenvalue weighted by Crippen LogP contribution is 2.26. The predicted octanol–water partition coefficient (Wildman–Crippen LogP) is 3.60. The highest BCUT2D eigenvalue weighted by molar-refractivity contribution is 6.23. The van der Waals surface area contributed by atoms with Crippen molar-refractivity contribution in [1.82, 2.24) is 0 Å². The minimum Gasteiger partial charge on any atom is -0.432 e. The van der Waals surface area contributed by atoms with Crippen LogP contribution in [0.1, 0.15) is 5.56 Å². The molecule has 0 heterocycles. The number of rotatable bonds is 5. The van der Waals surface area contributed by atoms with Crippen LogP contribution in [-0.2, 0) is 19.1 Å². The largest absolute Gasteiger partial charge is 0.432 e. The van der Waals surface area contributed by atoms with E-state index in [1.165, 1.54) is 0 Å². The summed E-state index contributed by atoms with van der Waals surface area (Å²) in [5.41, 5.74) is 0.662. The molecule has 0 saturated heterocycles. The predicted molar refractivity (Wildman–Crippen MR) is 84.5 cm³/mol. The third-order valence-corrected chi connectivity index (χ3v) is 2.95. The number of hydrogen-bond donors (Lipinski definition) is 0. The molecule has 0 unspecified atom stereocenters. The minimum atomic E-state index is -0.709. The Hall–Kier alpha value is -3.14. The molecule has 0 saturated carbocycles. The number of hydrogen-bond acceptors (Lipinski definition) is 4. The van der Waals surface area contributed by atoms with Crippen molar-refractivity contribution in [3.05, 3.63) is 79.8 Å². The topological polar surface area (TPSA) is 52.6 Å². The van der Waals surface area contributed by atoms with Crippen LogP contribution in [-0.4, -0.2) is 11.9 Å². The fourth-order valence-corrected chi connectivity index (χ4v) is 2.08. The highest BCUT2D eigenvalue weighted by atomic mass is 16.5. The summed E-state index contributed by atoms with van der Waals surface area (Å²) in [7, 11) is 0. The van der Waals surface area contributed by atoms with Gasteiger partial charge in [-0.2, -0.15) is 0 Å². The first-order chi connectivity index (χ1) is 10.7. The van der Waals surface area contributed by atoms with Crippen molar-refractivity contribution >= 4 is 28.3 Å². The Balaban J connectivity index is 2.61. The third kappa shape index (κ3) is 3.30. The third-order valence-electron chi connectivity index (χ3n) is 2.95. The Morgan fingerprint density at radius 3 is 2.32 bits per heavy atom.